The summed E-state index contributed by atoms with van der Waals surface area (Å²) in [5.74, 6) is -0.911. The maximum absolute atomic E-state index is 10.4. The Balaban J connectivity index is 3.61. The molecule has 0 saturated heterocycles. The summed E-state index contributed by atoms with van der Waals surface area (Å²) in [6, 6.07) is 0. The highest BCUT2D eigenvalue weighted by Crippen LogP contribution is 2.04. The quantitative estimate of drug-likeness (QED) is 0.599. The average molecular weight is 145 g/mol. The van der Waals surface area contributed by atoms with Gasteiger partial charge in [0.25, 0.3) is 0 Å². The molecule has 0 aliphatic rings. The highest BCUT2D eigenvalue weighted by Gasteiger charge is 2.13. The van der Waals surface area contributed by atoms with Gasteiger partial charge in [-0.15, -0.1) is 0 Å². The predicted octanol–water partition coefficient (Wildman–Crippen LogP) is 0.707. The summed E-state index contributed by atoms with van der Waals surface area (Å²) in [4.78, 5) is 10.4. The zero-order valence-corrected chi connectivity index (χ0v) is 6.55. The summed E-state index contributed by atoms with van der Waals surface area (Å²) in [7, 11) is 1.77. The lowest BCUT2D eigenvalue weighted by molar-refractivity contribution is -0.141. The molecule has 10 heavy (non-hydrogen) atoms. The van der Waals surface area contributed by atoms with Crippen LogP contribution in [0.15, 0.2) is 0 Å². The van der Waals surface area contributed by atoms with Gasteiger partial charge in [-0.3, -0.25) is 4.79 Å². The van der Waals surface area contributed by atoms with Crippen molar-refractivity contribution < 1.29 is 9.90 Å². The van der Waals surface area contributed by atoms with Gasteiger partial charge in [0.2, 0.25) is 0 Å². The summed E-state index contributed by atoms with van der Waals surface area (Å²) in [6.07, 6.45) is 1.69. The van der Waals surface area contributed by atoms with Gasteiger partial charge in [0.1, 0.15) is 0 Å². The van der Waals surface area contributed by atoms with Crippen LogP contribution >= 0.6 is 0 Å². The van der Waals surface area contributed by atoms with Crippen molar-refractivity contribution in [3.63, 3.8) is 0 Å². The summed E-state index contributed by atoms with van der Waals surface area (Å²) in [5.41, 5.74) is 0. The smallest absolute Gasteiger partial charge is 0.307 e. The first-order valence-electron chi connectivity index (χ1n) is 3.59. The molecule has 0 aliphatic heterocycles. The second kappa shape index (κ2) is 5.23. The molecule has 0 bridgehead atoms. The van der Waals surface area contributed by atoms with E-state index in [2.05, 4.69) is 5.32 Å². The zero-order chi connectivity index (χ0) is 7.98. The van der Waals surface area contributed by atoms with Gasteiger partial charge in [0, 0.05) is 6.54 Å². The third-order valence-electron chi connectivity index (χ3n) is 1.44. The molecule has 0 aromatic carbocycles. The van der Waals surface area contributed by atoms with Gasteiger partial charge < -0.3 is 10.4 Å². The number of aliphatic carboxylic acids is 1. The summed E-state index contributed by atoms with van der Waals surface area (Å²) in [5, 5.41) is 11.4. The number of carboxylic acids is 1. The zero-order valence-electron chi connectivity index (χ0n) is 6.55. The lowest BCUT2D eigenvalue weighted by Gasteiger charge is -2.08. The van der Waals surface area contributed by atoms with Crippen LogP contribution in [0, 0.1) is 5.92 Å². The molecule has 0 unspecified atom stereocenters. The summed E-state index contributed by atoms with van der Waals surface area (Å²) in [6.45, 7) is 2.56. The number of rotatable bonds is 5. The molecular formula is C7H15NO2. The molecule has 0 amide bonds. The van der Waals surface area contributed by atoms with E-state index in [9.17, 15) is 4.79 Å². The fourth-order valence-electron chi connectivity index (χ4n) is 0.908. The number of hydrogen-bond acceptors (Lipinski definition) is 2. The number of hydrogen-bond donors (Lipinski definition) is 2. The molecule has 0 heterocycles. The van der Waals surface area contributed by atoms with Crippen molar-refractivity contribution in [1.29, 1.82) is 0 Å². The van der Waals surface area contributed by atoms with E-state index in [4.69, 9.17) is 5.11 Å². The van der Waals surface area contributed by atoms with E-state index in [-0.39, 0.29) is 5.92 Å². The van der Waals surface area contributed by atoms with Gasteiger partial charge in [-0.1, -0.05) is 13.3 Å². The van der Waals surface area contributed by atoms with Crippen molar-refractivity contribution in [3.05, 3.63) is 0 Å². The van der Waals surface area contributed by atoms with Crippen LogP contribution in [0.3, 0.4) is 0 Å². The molecule has 0 radical (unpaired) electrons. The van der Waals surface area contributed by atoms with E-state index in [1.165, 1.54) is 0 Å². The topological polar surface area (TPSA) is 49.3 Å². The highest BCUT2D eigenvalue weighted by atomic mass is 16.4. The van der Waals surface area contributed by atoms with Crippen LogP contribution < -0.4 is 5.32 Å². The van der Waals surface area contributed by atoms with Crippen LogP contribution in [0.5, 0.6) is 0 Å². The van der Waals surface area contributed by atoms with Crippen molar-refractivity contribution in [2.24, 2.45) is 5.92 Å². The molecular weight excluding hydrogens is 130 g/mol. The van der Waals surface area contributed by atoms with Crippen molar-refractivity contribution >= 4 is 5.97 Å². The molecule has 1 atom stereocenters. The Hall–Kier alpha value is -0.570. The van der Waals surface area contributed by atoms with Gasteiger partial charge in [-0.05, 0) is 13.5 Å². The normalized spacial score (nSPS) is 13.0. The predicted molar refractivity (Wildman–Crippen MR) is 40.0 cm³/mol. The minimum Gasteiger partial charge on any atom is -0.481 e. The first-order valence-corrected chi connectivity index (χ1v) is 3.59. The maximum atomic E-state index is 10.4. The van der Waals surface area contributed by atoms with Crippen LogP contribution in [-0.2, 0) is 4.79 Å². The van der Waals surface area contributed by atoms with E-state index in [1.807, 2.05) is 6.92 Å². The van der Waals surface area contributed by atoms with Crippen molar-refractivity contribution in [3.8, 4) is 0 Å². The average Bonchev–Trinajstić information content (AvgIpc) is 1.87. The Kier molecular flexibility index (Phi) is 4.94. The molecule has 0 aliphatic carbocycles. The lowest BCUT2D eigenvalue weighted by Crippen LogP contribution is -2.25. The van der Waals surface area contributed by atoms with Crippen LogP contribution in [-0.4, -0.2) is 24.7 Å². The fraction of sp³-hybridized carbons (Fsp3) is 0.857. The Morgan fingerprint density at radius 2 is 2.30 bits per heavy atom. The number of carboxylic acid groups (broad SMARTS) is 1. The first kappa shape index (κ1) is 9.43. The van der Waals surface area contributed by atoms with Crippen LogP contribution in [0.1, 0.15) is 19.8 Å². The molecule has 3 heteroatoms. The molecule has 2 N–H and O–H groups in total. The highest BCUT2D eigenvalue weighted by molar-refractivity contribution is 5.70. The molecule has 0 aromatic heterocycles. The van der Waals surface area contributed by atoms with E-state index in [0.29, 0.717) is 6.54 Å². The van der Waals surface area contributed by atoms with Gasteiger partial charge in [-0.2, -0.15) is 0 Å². The Morgan fingerprint density at radius 3 is 2.60 bits per heavy atom. The van der Waals surface area contributed by atoms with E-state index >= 15 is 0 Å². The van der Waals surface area contributed by atoms with Crippen LogP contribution in [0.4, 0.5) is 0 Å². The molecule has 0 saturated carbocycles. The van der Waals surface area contributed by atoms with Crippen LogP contribution in [0.2, 0.25) is 0 Å². The monoisotopic (exact) mass is 145 g/mol. The molecule has 60 valence electrons. The summed E-state index contributed by atoms with van der Waals surface area (Å²) < 4.78 is 0. The van der Waals surface area contributed by atoms with Crippen molar-refractivity contribution in [1.82, 2.24) is 5.32 Å². The minimum atomic E-state index is -0.698. The Bertz CT molecular complexity index is 97.8. The molecule has 0 spiro atoms. The van der Waals surface area contributed by atoms with Crippen LogP contribution in [0.25, 0.3) is 0 Å². The molecule has 0 fully saturated rings. The van der Waals surface area contributed by atoms with E-state index < -0.39 is 5.97 Å². The van der Waals surface area contributed by atoms with Gasteiger partial charge >= 0.3 is 5.97 Å². The van der Waals surface area contributed by atoms with Crippen molar-refractivity contribution in [2.45, 2.75) is 19.8 Å². The Labute approximate surface area is 61.4 Å². The molecule has 0 aromatic rings. The van der Waals surface area contributed by atoms with Gasteiger partial charge in [-0.25, -0.2) is 0 Å². The fourth-order valence-corrected chi connectivity index (χ4v) is 0.908. The number of carbonyl (C=O) groups is 1. The second-order valence-corrected chi connectivity index (χ2v) is 2.38. The van der Waals surface area contributed by atoms with E-state index in [0.717, 1.165) is 12.8 Å². The molecule has 3 nitrogen and oxygen atoms in total. The number of nitrogens with one attached hydrogen (secondary N) is 1. The largest absolute Gasteiger partial charge is 0.481 e. The minimum absolute atomic E-state index is 0.213. The second-order valence-electron chi connectivity index (χ2n) is 2.38. The third-order valence-corrected chi connectivity index (χ3v) is 1.44. The SMILES string of the molecule is CCC[C@@H](CNC)C(=O)O. The van der Waals surface area contributed by atoms with Gasteiger partial charge in [0.05, 0.1) is 5.92 Å². The van der Waals surface area contributed by atoms with E-state index in [1.54, 1.807) is 7.05 Å². The Morgan fingerprint density at radius 1 is 1.70 bits per heavy atom. The van der Waals surface area contributed by atoms with Gasteiger partial charge in [0.15, 0.2) is 0 Å². The third kappa shape index (κ3) is 3.45. The maximum Gasteiger partial charge on any atom is 0.307 e. The standard InChI is InChI=1S/C7H15NO2/c1-3-4-6(5-8-2)7(9)10/h6,8H,3-5H2,1-2H3,(H,9,10)/t6-/m0/s1. The summed E-state index contributed by atoms with van der Waals surface area (Å²) >= 11 is 0. The molecule has 0 rings (SSSR count). The first-order chi connectivity index (χ1) is 4.72. The lowest BCUT2D eigenvalue weighted by atomic mass is 10.0. The van der Waals surface area contributed by atoms with Crippen molar-refractivity contribution in [2.75, 3.05) is 13.6 Å².